The molecule has 0 saturated carbocycles. The molecule has 104 valence electrons. The van der Waals surface area contributed by atoms with Gasteiger partial charge in [0, 0.05) is 12.1 Å². The fourth-order valence-electron chi connectivity index (χ4n) is 1.48. The van der Waals surface area contributed by atoms with Crippen molar-refractivity contribution in [3.8, 4) is 0 Å². The fourth-order valence-corrected chi connectivity index (χ4v) is 1.48. The third-order valence-corrected chi connectivity index (χ3v) is 2.59. The lowest BCUT2D eigenvalue weighted by atomic mass is 10.1. The van der Waals surface area contributed by atoms with Crippen molar-refractivity contribution in [1.29, 1.82) is 0 Å². The number of halogens is 1. The summed E-state index contributed by atoms with van der Waals surface area (Å²) in [5.74, 6) is -1.66. The highest BCUT2D eigenvalue weighted by Crippen LogP contribution is 2.16. The molecule has 0 bridgehead atoms. The summed E-state index contributed by atoms with van der Waals surface area (Å²) in [6.45, 7) is 2.26. The number of ether oxygens (including phenoxy) is 1. The predicted octanol–water partition coefficient (Wildman–Crippen LogP) is 1.54. The molecule has 1 aromatic rings. The lowest BCUT2D eigenvalue weighted by Crippen LogP contribution is -2.20. The number of rotatable bonds is 5. The van der Waals surface area contributed by atoms with E-state index in [0.717, 1.165) is 13.2 Å². The third kappa shape index (κ3) is 4.33. The SMILES string of the molecule is COC(=O)c1cc(NC(=O)CC(C)CN)ccc1F. The Morgan fingerprint density at radius 2 is 2.16 bits per heavy atom. The van der Waals surface area contributed by atoms with E-state index < -0.39 is 11.8 Å². The van der Waals surface area contributed by atoms with Crippen molar-refractivity contribution < 1.29 is 18.7 Å². The molecule has 0 radical (unpaired) electrons. The van der Waals surface area contributed by atoms with Crippen molar-refractivity contribution in [3.05, 3.63) is 29.6 Å². The number of carbonyl (C=O) groups is 2. The lowest BCUT2D eigenvalue weighted by Gasteiger charge is -2.10. The van der Waals surface area contributed by atoms with Gasteiger partial charge in [0.05, 0.1) is 12.7 Å². The van der Waals surface area contributed by atoms with Gasteiger partial charge in [-0.25, -0.2) is 9.18 Å². The molecule has 1 rings (SSSR count). The van der Waals surface area contributed by atoms with E-state index in [-0.39, 0.29) is 23.8 Å². The maximum absolute atomic E-state index is 13.4. The maximum Gasteiger partial charge on any atom is 0.340 e. The summed E-state index contributed by atoms with van der Waals surface area (Å²) in [6, 6.07) is 3.73. The van der Waals surface area contributed by atoms with Crippen LogP contribution in [-0.4, -0.2) is 25.5 Å². The number of esters is 1. The van der Waals surface area contributed by atoms with Crippen LogP contribution in [0.1, 0.15) is 23.7 Å². The van der Waals surface area contributed by atoms with Crippen molar-refractivity contribution >= 4 is 17.6 Å². The molecule has 1 atom stereocenters. The van der Waals surface area contributed by atoms with Gasteiger partial charge in [-0.3, -0.25) is 4.79 Å². The number of benzene rings is 1. The number of nitrogens with two attached hydrogens (primary N) is 1. The van der Waals surface area contributed by atoms with Gasteiger partial charge in [-0.15, -0.1) is 0 Å². The van der Waals surface area contributed by atoms with Gasteiger partial charge in [-0.05, 0) is 30.7 Å². The first-order chi connectivity index (χ1) is 8.97. The van der Waals surface area contributed by atoms with Crippen molar-refractivity contribution in [1.82, 2.24) is 0 Å². The summed E-state index contributed by atoms with van der Waals surface area (Å²) < 4.78 is 17.8. The normalized spacial score (nSPS) is 11.8. The first-order valence-electron chi connectivity index (χ1n) is 5.85. The molecule has 19 heavy (non-hydrogen) atoms. The first kappa shape index (κ1) is 15.1. The molecule has 0 aliphatic rings. The summed E-state index contributed by atoms with van der Waals surface area (Å²) in [7, 11) is 1.16. The van der Waals surface area contributed by atoms with E-state index in [0.29, 0.717) is 12.2 Å². The van der Waals surface area contributed by atoms with Crippen LogP contribution in [0.5, 0.6) is 0 Å². The molecule has 0 heterocycles. The molecule has 0 aliphatic heterocycles. The highest BCUT2D eigenvalue weighted by atomic mass is 19.1. The average molecular weight is 268 g/mol. The van der Waals surface area contributed by atoms with Crippen molar-refractivity contribution in [2.24, 2.45) is 11.7 Å². The minimum atomic E-state index is -0.788. The highest BCUT2D eigenvalue weighted by Gasteiger charge is 2.14. The minimum Gasteiger partial charge on any atom is -0.465 e. The van der Waals surface area contributed by atoms with Gasteiger partial charge in [0.1, 0.15) is 5.82 Å². The quantitative estimate of drug-likeness (QED) is 0.794. The van der Waals surface area contributed by atoms with Gasteiger partial charge in [-0.2, -0.15) is 0 Å². The van der Waals surface area contributed by atoms with Crippen LogP contribution in [0.15, 0.2) is 18.2 Å². The second-order valence-corrected chi connectivity index (χ2v) is 4.28. The van der Waals surface area contributed by atoms with Gasteiger partial charge in [0.15, 0.2) is 0 Å². The van der Waals surface area contributed by atoms with Crippen LogP contribution in [0.4, 0.5) is 10.1 Å². The van der Waals surface area contributed by atoms with E-state index in [2.05, 4.69) is 10.1 Å². The van der Waals surface area contributed by atoms with Crippen molar-refractivity contribution in [3.63, 3.8) is 0 Å². The van der Waals surface area contributed by atoms with E-state index in [1.54, 1.807) is 0 Å². The number of nitrogens with one attached hydrogen (secondary N) is 1. The number of hydrogen-bond acceptors (Lipinski definition) is 4. The second-order valence-electron chi connectivity index (χ2n) is 4.28. The molecule has 0 spiro atoms. The van der Waals surface area contributed by atoms with Crippen molar-refractivity contribution in [2.75, 3.05) is 19.0 Å². The Hall–Kier alpha value is -1.95. The lowest BCUT2D eigenvalue weighted by molar-refractivity contribution is -0.116. The Labute approximate surface area is 110 Å². The average Bonchev–Trinajstić information content (AvgIpc) is 2.39. The molecule has 5 nitrogen and oxygen atoms in total. The monoisotopic (exact) mass is 268 g/mol. The van der Waals surface area contributed by atoms with E-state index >= 15 is 0 Å². The molecule has 6 heteroatoms. The predicted molar refractivity (Wildman–Crippen MR) is 69.2 cm³/mol. The number of carbonyl (C=O) groups excluding carboxylic acids is 2. The Morgan fingerprint density at radius 1 is 1.47 bits per heavy atom. The summed E-state index contributed by atoms with van der Waals surface area (Å²) in [4.78, 5) is 22.9. The summed E-state index contributed by atoms with van der Waals surface area (Å²) in [6.07, 6.45) is 0.265. The Bertz CT molecular complexity index is 477. The van der Waals surface area contributed by atoms with E-state index in [1.807, 2.05) is 6.92 Å². The molecule has 1 amide bonds. The molecule has 0 aliphatic carbocycles. The van der Waals surface area contributed by atoms with E-state index in [1.165, 1.54) is 12.1 Å². The van der Waals surface area contributed by atoms with Crippen LogP contribution in [0.2, 0.25) is 0 Å². The fraction of sp³-hybridized carbons (Fsp3) is 0.385. The Balaban J connectivity index is 2.80. The third-order valence-electron chi connectivity index (χ3n) is 2.59. The molecule has 3 N–H and O–H groups in total. The minimum absolute atomic E-state index is 0.0560. The van der Waals surface area contributed by atoms with E-state index in [4.69, 9.17) is 5.73 Å². The summed E-state index contributed by atoms with van der Waals surface area (Å²) >= 11 is 0. The summed E-state index contributed by atoms with van der Waals surface area (Å²) in [5, 5.41) is 2.58. The number of methoxy groups -OCH3 is 1. The molecule has 1 aromatic carbocycles. The smallest absolute Gasteiger partial charge is 0.340 e. The zero-order valence-electron chi connectivity index (χ0n) is 10.9. The van der Waals surface area contributed by atoms with Crippen molar-refractivity contribution in [2.45, 2.75) is 13.3 Å². The van der Waals surface area contributed by atoms with Gasteiger partial charge in [-0.1, -0.05) is 6.92 Å². The van der Waals surface area contributed by atoms with Crippen LogP contribution in [0.25, 0.3) is 0 Å². The maximum atomic E-state index is 13.4. The molecule has 0 aromatic heterocycles. The number of amides is 1. The zero-order chi connectivity index (χ0) is 14.4. The largest absolute Gasteiger partial charge is 0.465 e. The topological polar surface area (TPSA) is 81.4 Å². The Morgan fingerprint density at radius 3 is 2.74 bits per heavy atom. The van der Waals surface area contributed by atoms with Gasteiger partial charge < -0.3 is 15.8 Å². The van der Waals surface area contributed by atoms with Gasteiger partial charge in [0.25, 0.3) is 0 Å². The molecule has 0 fully saturated rings. The van der Waals surface area contributed by atoms with E-state index in [9.17, 15) is 14.0 Å². The Kier molecular flexibility index (Phi) is 5.44. The summed E-state index contributed by atoms with van der Waals surface area (Å²) in [5.41, 5.74) is 5.55. The van der Waals surface area contributed by atoms with Crippen LogP contribution < -0.4 is 11.1 Å². The number of hydrogen-bond donors (Lipinski definition) is 2. The number of anilines is 1. The van der Waals surface area contributed by atoms with Crippen LogP contribution in [0.3, 0.4) is 0 Å². The first-order valence-corrected chi connectivity index (χ1v) is 5.85. The van der Waals surface area contributed by atoms with Gasteiger partial charge >= 0.3 is 5.97 Å². The molecule has 0 saturated heterocycles. The molecular weight excluding hydrogens is 251 g/mol. The molecular formula is C13H17FN2O3. The standard InChI is InChI=1S/C13H17FN2O3/c1-8(7-15)5-12(17)16-9-3-4-11(14)10(6-9)13(18)19-2/h3-4,6,8H,5,7,15H2,1-2H3,(H,16,17). The highest BCUT2D eigenvalue weighted by molar-refractivity contribution is 5.94. The zero-order valence-corrected chi connectivity index (χ0v) is 10.9. The van der Waals surface area contributed by atoms with Crippen LogP contribution in [-0.2, 0) is 9.53 Å². The molecule has 1 unspecified atom stereocenters. The van der Waals surface area contributed by atoms with Crippen LogP contribution >= 0.6 is 0 Å². The second kappa shape index (κ2) is 6.84. The van der Waals surface area contributed by atoms with Gasteiger partial charge in [0.2, 0.25) is 5.91 Å². The van der Waals surface area contributed by atoms with Crippen LogP contribution in [0, 0.1) is 11.7 Å².